The lowest BCUT2D eigenvalue weighted by Crippen LogP contribution is -2.52. The molecule has 4 heterocycles. The summed E-state index contributed by atoms with van der Waals surface area (Å²) in [6, 6.07) is 5.02. The van der Waals surface area contributed by atoms with Crippen molar-refractivity contribution in [2.45, 2.75) is 44.9 Å². The van der Waals surface area contributed by atoms with Crippen LogP contribution in [0.1, 0.15) is 30.6 Å². The third kappa shape index (κ3) is 5.89. The van der Waals surface area contributed by atoms with Crippen molar-refractivity contribution in [1.82, 2.24) is 20.1 Å². The number of thiazole rings is 1. The number of aromatic nitrogens is 1. The van der Waals surface area contributed by atoms with Crippen molar-refractivity contribution in [3.05, 3.63) is 35.2 Å². The number of amides is 2. The maximum absolute atomic E-state index is 13.6. The molecule has 1 aromatic heterocycles. The van der Waals surface area contributed by atoms with Crippen LogP contribution in [0.4, 0.5) is 13.9 Å². The summed E-state index contributed by atoms with van der Waals surface area (Å²) in [6.45, 7) is 7.10. The average Bonchev–Trinajstić information content (AvgIpc) is 3.65. The molecule has 0 bridgehead atoms. The van der Waals surface area contributed by atoms with Crippen LogP contribution in [0.2, 0.25) is 0 Å². The predicted octanol–water partition coefficient (Wildman–Crippen LogP) is 2.77. The maximum Gasteiger partial charge on any atom is 0.251 e. The van der Waals surface area contributed by atoms with Gasteiger partial charge in [-0.1, -0.05) is 26.0 Å². The molecule has 2 aromatic rings. The van der Waals surface area contributed by atoms with Gasteiger partial charge in [-0.15, -0.1) is 11.3 Å². The molecule has 40 heavy (non-hydrogen) atoms. The van der Waals surface area contributed by atoms with Crippen molar-refractivity contribution in [3.63, 3.8) is 0 Å². The number of likely N-dealkylation sites (N-methyl/N-ethyl adjacent to an activating group) is 1. The number of rotatable bonds is 8. The molecule has 0 saturated carbocycles. The number of nitrogens with zero attached hydrogens (tertiary/aromatic N) is 4. The molecule has 0 spiro atoms. The lowest BCUT2D eigenvalue weighted by molar-refractivity contribution is -0.138. The molecule has 3 saturated heterocycles. The molecular weight excluding hydrogens is 540 g/mol. The van der Waals surface area contributed by atoms with Gasteiger partial charge in [0.25, 0.3) is 5.91 Å². The first-order chi connectivity index (χ1) is 19.1. The molecule has 3 aliphatic heterocycles. The Hall–Kier alpha value is -2.96. The Kier molecular flexibility index (Phi) is 8.48. The molecule has 3 fully saturated rings. The van der Waals surface area contributed by atoms with Crippen LogP contribution in [-0.2, 0) is 14.3 Å². The maximum atomic E-state index is 13.6. The molecule has 0 aliphatic carbocycles. The second kappa shape index (κ2) is 11.9. The van der Waals surface area contributed by atoms with E-state index in [1.165, 1.54) is 4.90 Å². The Morgan fingerprint density at radius 1 is 1.15 bits per heavy atom. The molecule has 2 amide bonds. The van der Waals surface area contributed by atoms with Crippen molar-refractivity contribution >= 4 is 34.1 Å². The lowest BCUT2D eigenvalue weighted by Gasteiger charge is -2.32. The number of halogens is 2. The first kappa shape index (κ1) is 28.6. The number of benzene rings is 1. The molecule has 0 radical (unpaired) electrons. The number of hydrogen-bond acceptors (Lipinski definition) is 8. The van der Waals surface area contributed by atoms with Gasteiger partial charge in [0, 0.05) is 49.2 Å². The van der Waals surface area contributed by atoms with E-state index in [2.05, 4.69) is 22.2 Å². The summed E-state index contributed by atoms with van der Waals surface area (Å²) in [5, 5.41) is 5.78. The average molecular weight is 576 g/mol. The SMILES string of the molecule is CC(C)C[C@H](NC(=O)c1ccc(-c2csc(N3CCN(C)CC3)n2)cc1)C(=O)N1C[C@H](C(F)F)[C@H]2OCC(=O)[C@H]21. The number of carbonyl (C=O) groups excluding carboxylic acids is 3. The third-order valence-electron chi connectivity index (χ3n) is 7.85. The molecule has 0 unspecified atom stereocenters. The minimum atomic E-state index is -2.72. The van der Waals surface area contributed by atoms with Crippen LogP contribution < -0.4 is 10.2 Å². The second-order valence-corrected chi connectivity index (χ2v) is 12.1. The molecule has 1 aromatic carbocycles. The lowest BCUT2D eigenvalue weighted by atomic mass is 10.0. The summed E-state index contributed by atoms with van der Waals surface area (Å²) in [7, 11) is 2.11. The van der Waals surface area contributed by atoms with E-state index in [1.807, 2.05) is 31.4 Å². The van der Waals surface area contributed by atoms with Crippen LogP contribution in [-0.4, -0.2) is 103 Å². The first-order valence-corrected chi connectivity index (χ1v) is 14.5. The van der Waals surface area contributed by atoms with E-state index < -0.39 is 42.3 Å². The van der Waals surface area contributed by atoms with Gasteiger partial charge in [0.2, 0.25) is 12.3 Å². The number of piperazine rings is 1. The fraction of sp³-hybridized carbons (Fsp3) is 0.571. The van der Waals surface area contributed by atoms with Crippen molar-refractivity contribution in [2.24, 2.45) is 11.8 Å². The molecule has 216 valence electrons. The number of anilines is 1. The molecule has 4 atom stereocenters. The summed E-state index contributed by atoms with van der Waals surface area (Å²) in [5.41, 5.74) is 2.08. The molecular formula is C28H35F2N5O4S. The highest BCUT2D eigenvalue weighted by molar-refractivity contribution is 7.14. The van der Waals surface area contributed by atoms with Crippen LogP contribution in [0.3, 0.4) is 0 Å². The topological polar surface area (TPSA) is 95.1 Å². The Bertz CT molecular complexity index is 1230. The Labute approximate surface area is 236 Å². The number of nitrogens with one attached hydrogen (secondary N) is 1. The predicted molar refractivity (Wildman–Crippen MR) is 148 cm³/mol. The van der Waals surface area contributed by atoms with Crippen LogP contribution in [0, 0.1) is 11.8 Å². The molecule has 1 N–H and O–H groups in total. The Balaban J connectivity index is 1.27. The van der Waals surface area contributed by atoms with Crippen molar-refractivity contribution in [2.75, 3.05) is 51.3 Å². The van der Waals surface area contributed by atoms with E-state index in [0.29, 0.717) is 12.0 Å². The number of ketones is 1. The van der Waals surface area contributed by atoms with E-state index in [0.717, 1.165) is 42.6 Å². The number of Topliss-reactive ketones (excluding diaryl/α,β-unsaturated/α-hetero) is 1. The first-order valence-electron chi connectivity index (χ1n) is 13.7. The molecule has 3 aliphatic rings. The number of hydrogen-bond donors (Lipinski definition) is 1. The summed E-state index contributed by atoms with van der Waals surface area (Å²) in [4.78, 5) is 49.7. The number of alkyl halides is 2. The van der Waals surface area contributed by atoms with Crippen LogP contribution in [0.25, 0.3) is 11.3 Å². The van der Waals surface area contributed by atoms with Gasteiger partial charge < -0.3 is 24.8 Å². The number of fused-ring (bicyclic) bond motifs is 1. The fourth-order valence-electron chi connectivity index (χ4n) is 5.61. The number of likely N-dealkylation sites (tertiary alicyclic amines) is 1. The van der Waals surface area contributed by atoms with Gasteiger partial charge in [-0.25, -0.2) is 13.8 Å². The van der Waals surface area contributed by atoms with Crippen LogP contribution in [0.5, 0.6) is 0 Å². The Morgan fingerprint density at radius 3 is 2.50 bits per heavy atom. The van der Waals surface area contributed by atoms with Crippen molar-refractivity contribution in [1.29, 1.82) is 0 Å². The monoisotopic (exact) mass is 575 g/mol. The zero-order valence-corrected chi connectivity index (χ0v) is 23.7. The van der Waals surface area contributed by atoms with Gasteiger partial charge in [0.1, 0.15) is 18.7 Å². The molecule has 9 nitrogen and oxygen atoms in total. The second-order valence-electron chi connectivity index (χ2n) is 11.2. The quantitative estimate of drug-likeness (QED) is 0.517. The van der Waals surface area contributed by atoms with Crippen LogP contribution >= 0.6 is 11.3 Å². The molecule has 5 rings (SSSR count). The van der Waals surface area contributed by atoms with E-state index in [4.69, 9.17) is 9.72 Å². The summed E-state index contributed by atoms with van der Waals surface area (Å²) in [5.74, 6) is -2.56. The van der Waals surface area contributed by atoms with Gasteiger partial charge in [-0.2, -0.15) is 0 Å². The van der Waals surface area contributed by atoms with Gasteiger partial charge in [0.05, 0.1) is 17.7 Å². The zero-order chi connectivity index (χ0) is 28.6. The van der Waals surface area contributed by atoms with Crippen LogP contribution in [0.15, 0.2) is 29.6 Å². The summed E-state index contributed by atoms with van der Waals surface area (Å²) < 4.78 is 32.6. The van der Waals surface area contributed by atoms with Gasteiger partial charge >= 0.3 is 0 Å². The minimum Gasteiger partial charge on any atom is -0.367 e. The third-order valence-corrected chi connectivity index (χ3v) is 8.75. The van der Waals surface area contributed by atoms with E-state index in [-0.39, 0.29) is 24.9 Å². The fourth-order valence-corrected chi connectivity index (χ4v) is 6.50. The smallest absolute Gasteiger partial charge is 0.251 e. The van der Waals surface area contributed by atoms with E-state index in [1.54, 1.807) is 23.5 Å². The van der Waals surface area contributed by atoms with Gasteiger partial charge in [-0.3, -0.25) is 14.4 Å². The van der Waals surface area contributed by atoms with E-state index >= 15 is 0 Å². The van der Waals surface area contributed by atoms with Crippen molar-refractivity contribution in [3.8, 4) is 11.3 Å². The Morgan fingerprint density at radius 2 is 1.85 bits per heavy atom. The van der Waals surface area contributed by atoms with Crippen molar-refractivity contribution < 1.29 is 27.9 Å². The highest BCUT2D eigenvalue weighted by Crippen LogP contribution is 2.36. The van der Waals surface area contributed by atoms with Gasteiger partial charge in [0.15, 0.2) is 10.9 Å². The summed E-state index contributed by atoms with van der Waals surface area (Å²) >= 11 is 1.60. The minimum absolute atomic E-state index is 0.0376. The zero-order valence-electron chi connectivity index (χ0n) is 22.9. The normalized spacial score (nSPS) is 24.2. The van der Waals surface area contributed by atoms with E-state index in [9.17, 15) is 23.2 Å². The number of carbonyl (C=O) groups is 3. The molecule has 12 heteroatoms. The highest BCUT2D eigenvalue weighted by Gasteiger charge is 2.55. The summed E-state index contributed by atoms with van der Waals surface area (Å²) in [6.07, 6.45) is -3.43. The largest absolute Gasteiger partial charge is 0.367 e. The standard InChI is InChI=1S/C28H35F2N5O4S/c1-16(2)12-20(27(38)35-13-19(25(29)30)24-23(35)22(36)14-39-24)31-26(37)18-6-4-17(5-7-18)21-15-40-28(32-21)34-10-8-33(3)9-11-34/h4-7,15-16,19-20,23-25H,8-14H2,1-3H3,(H,31,37)/t19-,20-,23+,24+/m0/s1. The van der Waals surface area contributed by atoms with Gasteiger partial charge in [-0.05, 0) is 31.5 Å². The number of ether oxygens (including phenoxy) is 1. The highest BCUT2D eigenvalue weighted by atomic mass is 32.1.